The molecule has 2 saturated heterocycles. The van der Waals surface area contributed by atoms with Crippen LogP contribution >= 0.6 is 0 Å². The minimum Gasteiger partial charge on any atom is -0.480 e. The van der Waals surface area contributed by atoms with Gasteiger partial charge in [-0.3, -0.25) is 9.69 Å². The molecular weight excluding hydrogens is 310 g/mol. The van der Waals surface area contributed by atoms with Crippen LogP contribution in [0.3, 0.4) is 0 Å². The normalized spacial score (nSPS) is 31.0. The fourth-order valence-corrected chi connectivity index (χ4v) is 4.71. The first-order valence-electron chi connectivity index (χ1n) is 7.59. The second kappa shape index (κ2) is 6.79. The van der Waals surface area contributed by atoms with Crippen molar-refractivity contribution in [3.8, 4) is 0 Å². The van der Waals surface area contributed by atoms with Gasteiger partial charge in [0.15, 0.2) is 0 Å². The second-order valence-electron chi connectivity index (χ2n) is 6.03. The zero-order chi connectivity index (χ0) is 16.5. The Kier molecular flexibility index (Phi) is 5.44. The van der Waals surface area contributed by atoms with Crippen LogP contribution in [0.5, 0.6) is 0 Å². The van der Waals surface area contributed by atoms with E-state index in [-0.39, 0.29) is 12.2 Å². The molecule has 0 bridgehead atoms. The zero-order valence-corrected chi connectivity index (χ0v) is 14.1. The fraction of sp³-hybridized carbons (Fsp3) is 0.923. The molecule has 0 radical (unpaired) electrons. The molecule has 8 nitrogen and oxygen atoms in total. The third-order valence-electron chi connectivity index (χ3n) is 4.22. The van der Waals surface area contributed by atoms with Crippen molar-refractivity contribution in [1.82, 2.24) is 13.5 Å². The number of carboxylic acid groups (broad SMARTS) is 1. The smallest absolute Gasteiger partial charge is 0.320 e. The first kappa shape index (κ1) is 17.6. The Morgan fingerprint density at radius 2 is 1.59 bits per heavy atom. The number of morpholine rings is 1. The van der Waals surface area contributed by atoms with Crippen LogP contribution in [0.4, 0.5) is 0 Å². The van der Waals surface area contributed by atoms with E-state index >= 15 is 0 Å². The SMILES string of the molecule is C[C@@H]1CN(S(=O)(=O)N2CCN([C@H](C)C(=O)O)CC2)C[C@H](C)O1. The van der Waals surface area contributed by atoms with Gasteiger partial charge in [-0.05, 0) is 20.8 Å². The average Bonchev–Trinajstić information content (AvgIpc) is 2.45. The number of hydrogen-bond acceptors (Lipinski definition) is 5. The highest BCUT2D eigenvalue weighted by molar-refractivity contribution is 7.86. The minimum atomic E-state index is -3.51. The summed E-state index contributed by atoms with van der Waals surface area (Å²) in [5.74, 6) is -0.882. The molecule has 1 N–H and O–H groups in total. The quantitative estimate of drug-likeness (QED) is 0.740. The Labute approximate surface area is 131 Å². The highest BCUT2D eigenvalue weighted by Gasteiger charge is 2.37. The molecule has 0 aliphatic carbocycles. The Morgan fingerprint density at radius 3 is 2.05 bits per heavy atom. The number of aliphatic carboxylic acids is 1. The lowest BCUT2D eigenvalue weighted by Crippen LogP contribution is -2.58. The molecule has 128 valence electrons. The molecule has 0 aromatic carbocycles. The van der Waals surface area contributed by atoms with Crippen molar-refractivity contribution < 1.29 is 23.1 Å². The van der Waals surface area contributed by atoms with Crippen LogP contribution in [0.1, 0.15) is 20.8 Å². The highest BCUT2D eigenvalue weighted by Crippen LogP contribution is 2.19. The van der Waals surface area contributed by atoms with Crippen LogP contribution in [0, 0.1) is 0 Å². The van der Waals surface area contributed by atoms with E-state index in [4.69, 9.17) is 9.84 Å². The molecule has 2 heterocycles. The van der Waals surface area contributed by atoms with E-state index in [1.165, 1.54) is 8.61 Å². The molecule has 2 aliphatic rings. The molecule has 22 heavy (non-hydrogen) atoms. The van der Waals surface area contributed by atoms with Crippen molar-refractivity contribution in [2.24, 2.45) is 0 Å². The Hall–Kier alpha value is -0.740. The molecule has 2 fully saturated rings. The van der Waals surface area contributed by atoms with Gasteiger partial charge in [-0.1, -0.05) is 0 Å². The highest BCUT2D eigenvalue weighted by atomic mass is 32.2. The largest absolute Gasteiger partial charge is 0.480 e. The molecular formula is C13H25N3O5S. The lowest BCUT2D eigenvalue weighted by Gasteiger charge is -2.40. The predicted octanol–water partition coefficient (Wildman–Crippen LogP) is -0.569. The van der Waals surface area contributed by atoms with Crippen LogP contribution in [-0.4, -0.2) is 90.5 Å². The van der Waals surface area contributed by atoms with Gasteiger partial charge in [0, 0.05) is 39.3 Å². The Bertz CT molecular complexity index is 494. The fourth-order valence-electron chi connectivity index (χ4n) is 2.96. The maximum Gasteiger partial charge on any atom is 0.320 e. The first-order valence-corrected chi connectivity index (χ1v) is 8.99. The summed E-state index contributed by atoms with van der Waals surface area (Å²) in [6.07, 6.45) is -0.237. The number of nitrogens with zero attached hydrogens (tertiary/aromatic N) is 3. The summed E-state index contributed by atoms with van der Waals surface area (Å²) < 4.78 is 33.9. The average molecular weight is 335 g/mol. The van der Waals surface area contributed by atoms with E-state index in [1.54, 1.807) is 11.8 Å². The van der Waals surface area contributed by atoms with Gasteiger partial charge < -0.3 is 9.84 Å². The maximum atomic E-state index is 12.7. The van der Waals surface area contributed by atoms with Gasteiger partial charge in [-0.2, -0.15) is 17.0 Å². The zero-order valence-electron chi connectivity index (χ0n) is 13.3. The van der Waals surface area contributed by atoms with Gasteiger partial charge in [0.25, 0.3) is 10.2 Å². The molecule has 2 rings (SSSR count). The third kappa shape index (κ3) is 3.77. The molecule has 0 saturated carbocycles. The van der Waals surface area contributed by atoms with Crippen LogP contribution in [-0.2, 0) is 19.7 Å². The van der Waals surface area contributed by atoms with Crippen LogP contribution in [0.25, 0.3) is 0 Å². The maximum absolute atomic E-state index is 12.7. The summed E-state index contributed by atoms with van der Waals surface area (Å²) >= 11 is 0. The summed E-state index contributed by atoms with van der Waals surface area (Å²) in [6.45, 7) is 7.58. The molecule has 0 spiro atoms. The van der Waals surface area contributed by atoms with E-state index in [1.807, 2.05) is 13.8 Å². The molecule has 0 amide bonds. The molecule has 0 aromatic heterocycles. The topological polar surface area (TPSA) is 90.4 Å². The predicted molar refractivity (Wildman–Crippen MR) is 80.7 cm³/mol. The molecule has 0 aromatic rings. The van der Waals surface area contributed by atoms with E-state index in [0.717, 1.165) is 0 Å². The summed E-state index contributed by atoms with van der Waals surface area (Å²) in [4.78, 5) is 12.8. The van der Waals surface area contributed by atoms with Gasteiger partial charge in [0.05, 0.1) is 12.2 Å². The Balaban J connectivity index is 1.99. The van der Waals surface area contributed by atoms with Crippen molar-refractivity contribution in [1.29, 1.82) is 0 Å². The first-order chi connectivity index (χ1) is 10.2. The lowest BCUT2D eigenvalue weighted by atomic mass is 10.2. The standard InChI is InChI=1S/C13H25N3O5S/c1-10-8-16(9-11(2)21-10)22(19,20)15-6-4-14(5-7-15)12(3)13(17)18/h10-12H,4-9H2,1-3H3,(H,17,18)/t10-,11+,12-/m1/s1. The summed E-state index contributed by atoms with van der Waals surface area (Å²) in [5, 5.41) is 9.03. The van der Waals surface area contributed by atoms with Gasteiger partial charge in [0.2, 0.25) is 0 Å². The number of hydrogen-bond donors (Lipinski definition) is 1. The number of ether oxygens (including phenoxy) is 1. The van der Waals surface area contributed by atoms with Crippen molar-refractivity contribution in [3.05, 3.63) is 0 Å². The monoisotopic (exact) mass is 335 g/mol. The van der Waals surface area contributed by atoms with E-state index in [0.29, 0.717) is 39.3 Å². The van der Waals surface area contributed by atoms with Gasteiger partial charge in [-0.15, -0.1) is 0 Å². The van der Waals surface area contributed by atoms with Crippen LogP contribution < -0.4 is 0 Å². The molecule has 2 aliphatic heterocycles. The number of rotatable bonds is 4. The van der Waals surface area contributed by atoms with Crippen molar-refractivity contribution >= 4 is 16.2 Å². The van der Waals surface area contributed by atoms with E-state index in [2.05, 4.69) is 0 Å². The number of carboxylic acids is 1. The van der Waals surface area contributed by atoms with Gasteiger partial charge in [0.1, 0.15) is 6.04 Å². The molecule has 9 heteroatoms. The van der Waals surface area contributed by atoms with E-state index in [9.17, 15) is 13.2 Å². The van der Waals surface area contributed by atoms with Gasteiger partial charge >= 0.3 is 5.97 Å². The van der Waals surface area contributed by atoms with Crippen LogP contribution in [0.15, 0.2) is 0 Å². The van der Waals surface area contributed by atoms with Crippen molar-refractivity contribution in [3.63, 3.8) is 0 Å². The summed E-state index contributed by atoms with van der Waals surface area (Å²) in [5.41, 5.74) is 0. The third-order valence-corrected chi connectivity index (χ3v) is 6.19. The minimum absolute atomic E-state index is 0.119. The second-order valence-corrected chi connectivity index (χ2v) is 7.96. The number of piperazine rings is 1. The van der Waals surface area contributed by atoms with Crippen molar-refractivity contribution in [2.45, 2.75) is 39.0 Å². The summed E-state index contributed by atoms with van der Waals surface area (Å²) in [7, 11) is -3.51. The summed E-state index contributed by atoms with van der Waals surface area (Å²) in [6, 6.07) is -0.590. The van der Waals surface area contributed by atoms with E-state index < -0.39 is 22.2 Å². The number of carbonyl (C=O) groups is 1. The molecule has 3 atom stereocenters. The Morgan fingerprint density at radius 1 is 1.09 bits per heavy atom. The molecule has 0 unspecified atom stereocenters. The van der Waals surface area contributed by atoms with Crippen LogP contribution in [0.2, 0.25) is 0 Å². The van der Waals surface area contributed by atoms with Crippen molar-refractivity contribution in [2.75, 3.05) is 39.3 Å². The van der Waals surface area contributed by atoms with Gasteiger partial charge in [-0.25, -0.2) is 0 Å². The lowest BCUT2D eigenvalue weighted by molar-refractivity contribution is -0.143.